The first-order valence-corrected chi connectivity index (χ1v) is 10.8. The van der Waals surface area contributed by atoms with Gasteiger partial charge in [0.25, 0.3) is 5.69 Å². The zero-order chi connectivity index (χ0) is 21.6. The van der Waals surface area contributed by atoms with Crippen molar-refractivity contribution in [1.29, 1.82) is 0 Å². The highest BCUT2D eigenvalue weighted by Gasteiger charge is 2.52. The zero-order valence-electron chi connectivity index (χ0n) is 15.9. The Morgan fingerprint density at radius 3 is 2.67 bits per heavy atom. The van der Waals surface area contributed by atoms with Crippen LogP contribution in [0.3, 0.4) is 0 Å². The van der Waals surface area contributed by atoms with Gasteiger partial charge < -0.3 is 10.4 Å². The van der Waals surface area contributed by atoms with Gasteiger partial charge in [0.1, 0.15) is 6.04 Å². The minimum Gasteiger partial charge on any atom is -0.480 e. The molecule has 5 atom stereocenters. The highest BCUT2D eigenvalue weighted by atomic mass is 35.5. The normalized spacial score (nSPS) is 26.9. The van der Waals surface area contributed by atoms with Gasteiger partial charge in [-0.05, 0) is 49.1 Å². The number of Topliss-reactive ketones (excluding diaryl/α,β-unsaturated/α-hetero) is 1. The van der Waals surface area contributed by atoms with Crippen molar-refractivity contribution in [3.63, 3.8) is 0 Å². The van der Waals surface area contributed by atoms with Gasteiger partial charge in [-0.3, -0.25) is 14.9 Å². The van der Waals surface area contributed by atoms with Gasteiger partial charge >= 0.3 is 5.97 Å². The molecule has 4 rings (SSSR count). The molecule has 0 aromatic heterocycles. The van der Waals surface area contributed by atoms with Gasteiger partial charge in [-0.2, -0.15) is 0 Å². The van der Waals surface area contributed by atoms with Crippen LogP contribution in [0.25, 0.3) is 0 Å². The van der Waals surface area contributed by atoms with Crippen molar-refractivity contribution in [2.75, 3.05) is 5.32 Å². The van der Waals surface area contributed by atoms with Crippen molar-refractivity contribution in [2.24, 2.45) is 5.92 Å². The number of para-hydroxylation sites is 1. The molecule has 7 nitrogen and oxygen atoms in total. The summed E-state index contributed by atoms with van der Waals surface area (Å²) in [4.78, 5) is 35.3. The number of benzene rings is 2. The number of ketones is 1. The predicted molar refractivity (Wildman–Crippen MR) is 115 cm³/mol. The number of aliphatic carboxylic acids is 1. The van der Waals surface area contributed by atoms with Gasteiger partial charge in [0.2, 0.25) is 0 Å². The molecule has 2 aromatic rings. The molecule has 2 N–H and O–H groups in total. The number of carboxylic acid groups (broad SMARTS) is 1. The molecule has 0 spiro atoms. The Balaban J connectivity index is 1.72. The largest absolute Gasteiger partial charge is 0.480 e. The summed E-state index contributed by atoms with van der Waals surface area (Å²) in [5, 5.41) is 23.6. The Labute approximate surface area is 182 Å². The van der Waals surface area contributed by atoms with Crippen LogP contribution in [0.5, 0.6) is 0 Å². The fraction of sp³-hybridized carbons (Fsp3) is 0.333. The maximum atomic E-state index is 11.9. The number of carbonyl (C=O) groups excluding carboxylic acids is 1. The van der Waals surface area contributed by atoms with Crippen molar-refractivity contribution in [1.82, 2.24) is 0 Å². The van der Waals surface area contributed by atoms with Crippen molar-refractivity contribution in [3.8, 4) is 0 Å². The lowest BCUT2D eigenvalue weighted by Gasteiger charge is -2.36. The Morgan fingerprint density at radius 2 is 2.00 bits per heavy atom. The molecule has 2 aliphatic rings. The number of fused-ring (bicyclic) bond motifs is 3. The van der Waals surface area contributed by atoms with E-state index in [1.54, 1.807) is 36.4 Å². The maximum absolute atomic E-state index is 11.9. The number of nitro groups is 1. The van der Waals surface area contributed by atoms with Crippen LogP contribution in [0.4, 0.5) is 11.4 Å². The number of nitro benzene ring substituents is 1. The first-order valence-electron chi connectivity index (χ1n) is 9.46. The summed E-state index contributed by atoms with van der Waals surface area (Å²) in [5.74, 6) is -1.61. The van der Waals surface area contributed by atoms with Crippen LogP contribution in [-0.2, 0) is 4.79 Å². The van der Waals surface area contributed by atoms with E-state index in [0.29, 0.717) is 22.6 Å². The topological polar surface area (TPSA) is 110 Å². The third-order valence-electron chi connectivity index (χ3n) is 5.83. The van der Waals surface area contributed by atoms with E-state index in [2.05, 4.69) is 5.32 Å². The summed E-state index contributed by atoms with van der Waals surface area (Å²) in [6, 6.07) is 10.8. The molecule has 2 aromatic carbocycles. The monoisotopic (exact) mass is 446 g/mol. The molecule has 9 heteroatoms. The second-order valence-corrected chi connectivity index (χ2v) is 9.35. The van der Waals surface area contributed by atoms with Gasteiger partial charge in [-0.25, -0.2) is 4.79 Å². The summed E-state index contributed by atoms with van der Waals surface area (Å²) in [6.45, 7) is 1.48. The highest BCUT2D eigenvalue weighted by molar-refractivity contribution is 8.00. The van der Waals surface area contributed by atoms with Crippen LogP contribution in [0, 0.1) is 16.0 Å². The zero-order valence-corrected chi connectivity index (χ0v) is 17.5. The van der Waals surface area contributed by atoms with E-state index < -0.39 is 22.3 Å². The molecule has 1 fully saturated rings. The Kier molecular flexibility index (Phi) is 5.46. The lowest BCUT2D eigenvalue weighted by atomic mass is 9.79. The van der Waals surface area contributed by atoms with Gasteiger partial charge in [0, 0.05) is 28.5 Å². The number of nitrogens with zero attached hydrogens (tertiary/aromatic N) is 1. The van der Waals surface area contributed by atoms with E-state index in [9.17, 15) is 24.8 Å². The third kappa shape index (κ3) is 3.54. The summed E-state index contributed by atoms with van der Waals surface area (Å²) in [5.41, 5.74) is 2.04. The average molecular weight is 447 g/mol. The fourth-order valence-electron chi connectivity index (χ4n) is 4.45. The van der Waals surface area contributed by atoms with Gasteiger partial charge in [0.05, 0.1) is 15.2 Å². The molecule has 0 saturated heterocycles. The average Bonchev–Trinajstić information content (AvgIpc) is 3.03. The lowest BCUT2D eigenvalue weighted by Crippen LogP contribution is -2.42. The summed E-state index contributed by atoms with van der Waals surface area (Å²) in [7, 11) is 0. The molecule has 1 saturated carbocycles. The molecule has 1 aliphatic carbocycles. The predicted octanol–water partition coefficient (Wildman–Crippen LogP) is 4.55. The molecular formula is C21H19ClN2O5S. The third-order valence-corrected chi connectivity index (χ3v) is 7.94. The standard InChI is InChI=1S/C21H19ClN2O5S/c1-10(25)11-6-7-14-12(8-11)18-13(20(23-14)21(26)27)9-17(19(18)22)30-16-5-3-2-4-15(16)24(28)29/h2-8,13,17-20,23H,9H2,1H3,(H,26,27)/t13-,17-,18+,19-,20+/m0/s1. The van der Waals surface area contributed by atoms with Crippen LogP contribution in [-0.4, -0.2) is 38.5 Å². The van der Waals surface area contributed by atoms with E-state index in [1.807, 2.05) is 0 Å². The Bertz CT molecular complexity index is 1050. The molecule has 0 unspecified atom stereocenters. The molecular weight excluding hydrogens is 428 g/mol. The van der Waals surface area contributed by atoms with E-state index in [1.165, 1.54) is 24.8 Å². The molecule has 0 bridgehead atoms. The van der Waals surface area contributed by atoms with Crippen LogP contribution < -0.4 is 5.32 Å². The van der Waals surface area contributed by atoms with E-state index >= 15 is 0 Å². The van der Waals surface area contributed by atoms with Gasteiger partial charge in [-0.1, -0.05) is 12.1 Å². The smallest absolute Gasteiger partial charge is 0.326 e. The highest BCUT2D eigenvalue weighted by Crippen LogP contribution is 2.55. The molecule has 0 amide bonds. The molecule has 1 heterocycles. The SMILES string of the molecule is CC(=O)c1ccc2c(c1)[C@H]1[C@@H](Cl)[C@@H](Sc3ccccc3[N+](=O)[O-])C[C@@H]1[C@H](C(=O)O)N2. The number of alkyl halides is 1. The second-order valence-electron chi connectivity index (χ2n) is 7.57. The Morgan fingerprint density at radius 1 is 1.27 bits per heavy atom. The van der Waals surface area contributed by atoms with Crippen LogP contribution in [0.1, 0.15) is 35.2 Å². The minimum atomic E-state index is -0.966. The number of anilines is 1. The number of carboxylic acids is 1. The molecule has 0 radical (unpaired) electrons. The molecule has 1 aliphatic heterocycles. The van der Waals surface area contributed by atoms with Crippen LogP contribution in [0.15, 0.2) is 47.4 Å². The quantitative estimate of drug-likeness (QED) is 0.300. The number of hydrogen-bond acceptors (Lipinski definition) is 6. The van der Waals surface area contributed by atoms with E-state index in [4.69, 9.17) is 11.6 Å². The summed E-state index contributed by atoms with van der Waals surface area (Å²) in [6.07, 6.45) is 0.489. The van der Waals surface area contributed by atoms with Crippen LogP contribution >= 0.6 is 23.4 Å². The fourth-order valence-corrected chi connectivity index (χ4v) is 6.39. The summed E-state index contributed by atoms with van der Waals surface area (Å²) < 4.78 is 0. The number of carbonyl (C=O) groups is 2. The van der Waals surface area contributed by atoms with Crippen molar-refractivity contribution in [3.05, 3.63) is 63.7 Å². The van der Waals surface area contributed by atoms with E-state index in [0.717, 1.165) is 5.56 Å². The molecule has 156 valence electrons. The molecule has 30 heavy (non-hydrogen) atoms. The lowest BCUT2D eigenvalue weighted by molar-refractivity contribution is -0.387. The minimum absolute atomic E-state index is 0.00779. The Hall–Kier alpha value is -2.58. The summed E-state index contributed by atoms with van der Waals surface area (Å²) >= 11 is 8.18. The van der Waals surface area contributed by atoms with E-state index in [-0.39, 0.29) is 28.6 Å². The van der Waals surface area contributed by atoms with Gasteiger partial charge in [-0.15, -0.1) is 23.4 Å². The van der Waals surface area contributed by atoms with Gasteiger partial charge in [0.15, 0.2) is 5.78 Å². The van der Waals surface area contributed by atoms with Crippen molar-refractivity contribution >= 4 is 46.5 Å². The first-order chi connectivity index (χ1) is 14.3. The first kappa shape index (κ1) is 20.7. The number of halogens is 1. The van der Waals surface area contributed by atoms with Crippen molar-refractivity contribution in [2.45, 2.75) is 40.8 Å². The number of nitrogens with one attached hydrogen (secondary N) is 1. The number of thioether (sulfide) groups is 1. The maximum Gasteiger partial charge on any atom is 0.326 e. The number of rotatable bonds is 5. The second kappa shape index (κ2) is 7.92. The van der Waals surface area contributed by atoms with Crippen molar-refractivity contribution < 1.29 is 19.6 Å². The van der Waals surface area contributed by atoms with Crippen LogP contribution in [0.2, 0.25) is 0 Å². The number of hydrogen-bond donors (Lipinski definition) is 2.